The van der Waals surface area contributed by atoms with Crippen molar-refractivity contribution in [3.8, 4) is 0 Å². The first-order valence-electron chi connectivity index (χ1n) is 5.94. The van der Waals surface area contributed by atoms with Gasteiger partial charge in [0.25, 0.3) is 0 Å². The molecule has 0 aliphatic heterocycles. The molecule has 3 N–H and O–H groups in total. The molecular formula is C14H15ClFN3. The second-order valence-electron chi connectivity index (χ2n) is 4.34. The fourth-order valence-corrected chi connectivity index (χ4v) is 2.14. The van der Waals surface area contributed by atoms with Gasteiger partial charge in [0.1, 0.15) is 5.82 Å². The molecule has 5 heteroatoms. The summed E-state index contributed by atoms with van der Waals surface area (Å²) in [5.41, 5.74) is 5.11. The predicted molar refractivity (Wildman–Crippen MR) is 74.2 cm³/mol. The molecule has 0 radical (unpaired) electrons. The van der Waals surface area contributed by atoms with Gasteiger partial charge in [-0.15, -0.1) is 0 Å². The molecule has 0 amide bonds. The summed E-state index contributed by atoms with van der Waals surface area (Å²) in [6.07, 6.45) is 0.476. The molecule has 1 aromatic heterocycles. The van der Waals surface area contributed by atoms with E-state index < -0.39 is 5.82 Å². The molecule has 2 aromatic rings. The highest BCUT2D eigenvalue weighted by atomic mass is 35.5. The van der Waals surface area contributed by atoms with Gasteiger partial charge in [0, 0.05) is 5.69 Å². The van der Waals surface area contributed by atoms with Gasteiger partial charge in [0.05, 0.1) is 16.8 Å². The number of aryl methyl sites for hydroxylation is 1. The summed E-state index contributed by atoms with van der Waals surface area (Å²) in [5, 5.41) is 0.135. The van der Waals surface area contributed by atoms with Crippen LogP contribution in [0.15, 0.2) is 36.4 Å². The van der Waals surface area contributed by atoms with Crippen LogP contribution >= 0.6 is 11.6 Å². The molecule has 0 fully saturated rings. The van der Waals surface area contributed by atoms with Gasteiger partial charge in [-0.2, -0.15) is 0 Å². The second-order valence-corrected chi connectivity index (χ2v) is 4.72. The summed E-state index contributed by atoms with van der Waals surface area (Å²) in [7, 11) is 0. The van der Waals surface area contributed by atoms with E-state index in [-0.39, 0.29) is 11.1 Å². The van der Waals surface area contributed by atoms with Crippen LogP contribution in [0.3, 0.4) is 0 Å². The Morgan fingerprint density at radius 1 is 1.32 bits per heavy atom. The maximum absolute atomic E-state index is 13.4. The van der Waals surface area contributed by atoms with E-state index in [9.17, 15) is 4.39 Å². The van der Waals surface area contributed by atoms with Crippen molar-refractivity contribution < 1.29 is 4.39 Å². The average Bonchev–Trinajstić information content (AvgIpc) is 2.40. The first kappa shape index (κ1) is 13.9. The van der Waals surface area contributed by atoms with Gasteiger partial charge in [0.15, 0.2) is 0 Å². The summed E-state index contributed by atoms with van der Waals surface area (Å²) in [5.74, 6) is 5.14. The summed E-state index contributed by atoms with van der Waals surface area (Å²) in [4.78, 5) is 4.41. The van der Waals surface area contributed by atoms with Gasteiger partial charge in [-0.05, 0) is 37.1 Å². The van der Waals surface area contributed by atoms with Crippen molar-refractivity contribution >= 4 is 11.6 Å². The van der Waals surface area contributed by atoms with Crippen LogP contribution in [-0.2, 0) is 6.42 Å². The number of pyridine rings is 1. The lowest BCUT2D eigenvalue weighted by Crippen LogP contribution is -2.30. The molecule has 0 saturated carbocycles. The van der Waals surface area contributed by atoms with Crippen LogP contribution in [0.2, 0.25) is 5.02 Å². The van der Waals surface area contributed by atoms with Gasteiger partial charge in [-0.3, -0.25) is 16.3 Å². The molecule has 3 nitrogen and oxygen atoms in total. The maximum atomic E-state index is 13.4. The Kier molecular flexibility index (Phi) is 4.47. The standard InChI is InChI=1S/C14H15ClFN3/c1-9-4-2-7-12(18-9)13(19-17)8-10-5-3-6-11(16)14(10)15/h2-7,13,19H,8,17H2,1H3. The summed E-state index contributed by atoms with van der Waals surface area (Å²) >= 11 is 5.95. The molecule has 0 saturated heterocycles. The molecule has 0 bridgehead atoms. The smallest absolute Gasteiger partial charge is 0.142 e. The molecular weight excluding hydrogens is 265 g/mol. The quantitative estimate of drug-likeness (QED) is 0.668. The van der Waals surface area contributed by atoms with Crippen LogP contribution in [-0.4, -0.2) is 4.98 Å². The minimum Gasteiger partial charge on any atom is -0.271 e. The number of rotatable bonds is 4. The van der Waals surface area contributed by atoms with Crippen LogP contribution in [0.4, 0.5) is 4.39 Å². The second kappa shape index (κ2) is 6.10. The van der Waals surface area contributed by atoms with Crippen LogP contribution in [0.1, 0.15) is 23.0 Å². The van der Waals surface area contributed by atoms with E-state index in [1.807, 2.05) is 25.1 Å². The monoisotopic (exact) mass is 279 g/mol. The number of nitrogens with one attached hydrogen (secondary N) is 1. The highest BCUT2D eigenvalue weighted by Gasteiger charge is 2.15. The third kappa shape index (κ3) is 3.29. The van der Waals surface area contributed by atoms with Crippen molar-refractivity contribution in [1.82, 2.24) is 10.4 Å². The molecule has 1 unspecified atom stereocenters. The third-order valence-electron chi connectivity index (χ3n) is 2.92. The van der Waals surface area contributed by atoms with Crippen LogP contribution in [0, 0.1) is 12.7 Å². The van der Waals surface area contributed by atoms with Gasteiger partial charge in [0.2, 0.25) is 0 Å². The average molecular weight is 280 g/mol. The number of nitrogens with zero attached hydrogens (tertiary/aromatic N) is 1. The Morgan fingerprint density at radius 2 is 2.05 bits per heavy atom. The fraction of sp³-hybridized carbons (Fsp3) is 0.214. The number of hydrogen-bond acceptors (Lipinski definition) is 3. The van der Waals surface area contributed by atoms with E-state index in [0.29, 0.717) is 12.0 Å². The Labute approximate surface area is 116 Å². The molecule has 2 rings (SSSR count). The Balaban J connectivity index is 2.26. The minimum absolute atomic E-state index is 0.135. The van der Waals surface area contributed by atoms with E-state index in [1.165, 1.54) is 6.07 Å². The van der Waals surface area contributed by atoms with E-state index in [1.54, 1.807) is 12.1 Å². The van der Waals surface area contributed by atoms with Gasteiger partial charge in [-0.25, -0.2) is 4.39 Å². The first-order valence-corrected chi connectivity index (χ1v) is 6.32. The molecule has 19 heavy (non-hydrogen) atoms. The van der Waals surface area contributed by atoms with E-state index >= 15 is 0 Å². The zero-order valence-corrected chi connectivity index (χ0v) is 11.3. The van der Waals surface area contributed by atoms with Crippen molar-refractivity contribution in [3.63, 3.8) is 0 Å². The molecule has 0 aliphatic carbocycles. The lowest BCUT2D eigenvalue weighted by molar-refractivity contribution is 0.535. The Morgan fingerprint density at radius 3 is 2.74 bits per heavy atom. The van der Waals surface area contributed by atoms with Crippen molar-refractivity contribution in [3.05, 3.63) is 64.2 Å². The molecule has 1 heterocycles. The predicted octanol–water partition coefficient (Wildman–Crippen LogP) is 2.93. The first-order chi connectivity index (χ1) is 9.11. The highest BCUT2D eigenvalue weighted by Crippen LogP contribution is 2.24. The van der Waals surface area contributed by atoms with Crippen LogP contribution < -0.4 is 11.3 Å². The molecule has 0 aliphatic rings. The zero-order chi connectivity index (χ0) is 13.8. The van der Waals surface area contributed by atoms with Crippen LogP contribution in [0.5, 0.6) is 0 Å². The van der Waals surface area contributed by atoms with E-state index in [2.05, 4.69) is 10.4 Å². The number of hydrogen-bond donors (Lipinski definition) is 2. The lowest BCUT2D eigenvalue weighted by atomic mass is 10.0. The largest absolute Gasteiger partial charge is 0.271 e. The van der Waals surface area contributed by atoms with Gasteiger partial charge in [-0.1, -0.05) is 29.8 Å². The van der Waals surface area contributed by atoms with E-state index in [0.717, 1.165) is 11.4 Å². The normalized spacial score (nSPS) is 12.4. The highest BCUT2D eigenvalue weighted by molar-refractivity contribution is 6.31. The van der Waals surface area contributed by atoms with Crippen molar-refractivity contribution in [2.75, 3.05) is 0 Å². The van der Waals surface area contributed by atoms with Crippen molar-refractivity contribution in [1.29, 1.82) is 0 Å². The third-order valence-corrected chi connectivity index (χ3v) is 3.35. The number of nitrogens with two attached hydrogens (primary N) is 1. The number of aromatic nitrogens is 1. The topological polar surface area (TPSA) is 50.9 Å². The van der Waals surface area contributed by atoms with Crippen LogP contribution in [0.25, 0.3) is 0 Å². The maximum Gasteiger partial charge on any atom is 0.142 e. The molecule has 1 atom stereocenters. The van der Waals surface area contributed by atoms with Crippen molar-refractivity contribution in [2.45, 2.75) is 19.4 Å². The summed E-state index contributed by atoms with van der Waals surface area (Å²) in [6.45, 7) is 1.91. The Hall–Kier alpha value is -1.49. The van der Waals surface area contributed by atoms with Gasteiger partial charge < -0.3 is 0 Å². The molecule has 1 aromatic carbocycles. The number of halogens is 2. The summed E-state index contributed by atoms with van der Waals surface area (Å²) in [6, 6.07) is 10.2. The zero-order valence-electron chi connectivity index (χ0n) is 10.5. The SMILES string of the molecule is Cc1cccc(C(Cc2cccc(F)c2Cl)NN)n1. The number of benzene rings is 1. The lowest BCUT2D eigenvalue weighted by Gasteiger charge is -2.16. The van der Waals surface area contributed by atoms with Gasteiger partial charge >= 0.3 is 0 Å². The number of hydrazine groups is 1. The summed E-state index contributed by atoms with van der Waals surface area (Å²) < 4.78 is 13.4. The van der Waals surface area contributed by atoms with E-state index in [4.69, 9.17) is 17.4 Å². The molecule has 100 valence electrons. The Bertz CT molecular complexity index is 574. The minimum atomic E-state index is -0.424. The molecule has 0 spiro atoms. The fourth-order valence-electron chi connectivity index (χ4n) is 1.93. The van der Waals surface area contributed by atoms with Crippen molar-refractivity contribution in [2.24, 2.45) is 5.84 Å².